The highest BCUT2D eigenvalue weighted by molar-refractivity contribution is 5.98. The summed E-state index contributed by atoms with van der Waals surface area (Å²) in [6.07, 6.45) is -0.611. The van der Waals surface area contributed by atoms with Crippen LogP contribution in [0.3, 0.4) is 0 Å². The lowest BCUT2D eigenvalue weighted by atomic mass is 10.1. The fourth-order valence-corrected chi connectivity index (χ4v) is 2.06. The van der Waals surface area contributed by atoms with Crippen LogP contribution in [0, 0.1) is 10.1 Å². The molecule has 0 spiro atoms. The SMILES string of the molecule is CC(=O)OC(C)C1COc2c(cccc2[N+](=O)[O-])C(=O)N1. The molecule has 1 aliphatic heterocycles. The van der Waals surface area contributed by atoms with Crippen molar-refractivity contribution in [3.8, 4) is 5.75 Å². The number of nitro benzene ring substituents is 1. The van der Waals surface area contributed by atoms with Crippen LogP contribution in [0.25, 0.3) is 0 Å². The van der Waals surface area contributed by atoms with Crippen molar-refractivity contribution in [3.05, 3.63) is 33.9 Å². The molecule has 21 heavy (non-hydrogen) atoms. The zero-order valence-electron chi connectivity index (χ0n) is 11.5. The van der Waals surface area contributed by atoms with Crippen LogP contribution in [0.5, 0.6) is 5.75 Å². The average molecular weight is 294 g/mol. The Morgan fingerprint density at radius 2 is 2.29 bits per heavy atom. The van der Waals surface area contributed by atoms with E-state index < -0.39 is 28.9 Å². The molecule has 1 amide bonds. The van der Waals surface area contributed by atoms with Gasteiger partial charge in [0.15, 0.2) is 0 Å². The van der Waals surface area contributed by atoms with Gasteiger partial charge in [0.1, 0.15) is 12.7 Å². The molecule has 0 fully saturated rings. The number of rotatable bonds is 3. The molecule has 0 radical (unpaired) electrons. The number of hydrogen-bond acceptors (Lipinski definition) is 6. The first-order valence-corrected chi connectivity index (χ1v) is 6.28. The summed E-state index contributed by atoms with van der Waals surface area (Å²) >= 11 is 0. The molecule has 8 heteroatoms. The molecule has 2 unspecified atom stereocenters. The van der Waals surface area contributed by atoms with Crippen molar-refractivity contribution < 1.29 is 24.0 Å². The Hall–Kier alpha value is -2.64. The van der Waals surface area contributed by atoms with E-state index in [1.165, 1.54) is 25.1 Å². The van der Waals surface area contributed by atoms with Crippen LogP contribution in [-0.4, -0.2) is 35.6 Å². The van der Waals surface area contributed by atoms with Gasteiger partial charge in [0.05, 0.1) is 16.5 Å². The fourth-order valence-electron chi connectivity index (χ4n) is 2.06. The Kier molecular flexibility index (Phi) is 4.06. The zero-order chi connectivity index (χ0) is 15.6. The summed E-state index contributed by atoms with van der Waals surface area (Å²) in [6.45, 7) is 2.84. The number of esters is 1. The van der Waals surface area contributed by atoms with Crippen molar-refractivity contribution in [1.82, 2.24) is 5.32 Å². The molecule has 1 heterocycles. The number of hydrogen-bond donors (Lipinski definition) is 1. The highest BCUT2D eigenvalue weighted by Crippen LogP contribution is 2.32. The second kappa shape index (κ2) is 5.78. The molecular weight excluding hydrogens is 280 g/mol. The molecule has 1 N–H and O–H groups in total. The highest BCUT2D eigenvalue weighted by atomic mass is 16.6. The lowest BCUT2D eigenvalue weighted by molar-refractivity contribution is -0.385. The van der Waals surface area contributed by atoms with Crippen molar-refractivity contribution in [2.24, 2.45) is 0 Å². The Morgan fingerprint density at radius 3 is 2.90 bits per heavy atom. The van der Waals surface area contributed by atoms with E-state index >= 15 is 0 Å². The number of nitro groups is 1. The van der Waals surface area contributed by atoms with E-state index in [0.29, 0.717) is 0 Å². The van der Waals surface area contributed by atoms with Crippen LogP contribution >= 0.6 is 0 Å². The summed E-state index contributed by atoms with van der Waals surface area (Å²) in [5.74, 6) is -1.06. The minimum atomic E-state index is -0.611. The number of fused-ring (bicyclic) bond motifs is 1. The summed E-state index contributed by atoms with van der Waals surface area (Å²) in [4.78, 5) is 33.5. The van der Waals surface area contributed by atoms with Gasteiger partial charge in [0, 0.05) is 13.0 Å². The molecule has 2 atom stereocenters. The van der Waals surface area contributed by atoms with Crippen molar-refractivity contribution in [2.75, 3.05) is 6.61 Å². The molecule has 8 nitrogen and oxygen atoms in total. The van der Waals surface area contributed by atoms with E-state index in [4.69, 9.17) is 9.47 Å². The van der Waals surface area contributed by atoms with Crippen LogP contribution in [0.15, 0.2) is 18.2 Å². The smallest absolute Gasteiger partial charge is 0.311 e. The van der Waals surface area contributed by atoms with E-state index in [9.17, 15) is 19.7 Å². The average Bonchev–Trinajstić information content (AvgIpc) is 2.57. The quantitative estimate of drug-likeness (QED) is 0.507. The van der Waals surface area contributed by atoms with Crippen molar-refractivity contribution in [3.63, 3.8) is 0 Å². The number of carbonyl (C=O) groups excluding carboxylic acids is 2. The Labute approximate surface area is 120 Å². The molecule has 0 saturated carbocycles. The molecule has 0 aliphatic carbocycles. The summed E-state index contributed by atoms with van der Waals surface area (Å²) < 4.78 is 10.4. The van der Waals surface area contributed by atoms with Crippen LogP contribution in [0.1, 0.15) is 24.2 Å². The zero-order valence-corrected chi connectivity index (χ0v) is 11.5. The number of carbonyl (C=O) groups is 2. The molecule has 112 valence electrons. The number of para-hydroxylation sites is 1. The van der Waals surface area contributed by atoms with Gasteiger partial charge in [-0.15, -0.1) is 0 Å². The van der Waals surface area contributed by atoms with Crippen molar-refractivity contribution in [1.29, 1.82) is 0 Å². The van der Waals surface area contributed by atoms with Gasteiger partial charge < -0.3 is 14.8 Å². The number of benzene rings is 1. The standard InChI is InChI=1S/C13H14N2O6/c1-7(21-8(2)16)10-6-20-12-9(13(17)14-10)4-3-5-11(12)15(18)19/h3-5,7,10H,6H2,1-2H3,(H,14,17). The van der Waals surface area contributed by atoms with Gasteiger partial charge in [-0.25, -0.2) is 0 Å². The number of ether oxygens (including phenoxy) is 2. The second-order valence-corrected chi connectivity index (χ2v) is 4.62. The highest BCUT2D eigenvalue weighted by Gasteiger charge is 2.32. The maximum atomic E-state index is 12.1. The third-order valence-electron chi connectivity index (χ3n) is 3.08. The Morgan fingerprint density at radius 1 is 1.57 bits per heavy atom. The van der Waals surface area contributed by atoms with Gasteiger partial charge in [0.25, 0.3) is 5.91 Å². The van der Waals surface area contributed by atoms with Crippen molar-refractivity contribution in [2.45, 2.75) is 26.0 Å². The van der Waals surface area contributed by atoms with Gasteiger partial charge in [-0.1, -0.05) is 6.07 Å². The molecule has 0 bridgehead atoms. The van der Waals surface area contributed by atoms with Gasteiger partial charge in [-0.05, 0) is 13.0 Å². The van der Waals surface area contributed by atoms with Crippen LogP contribution in [0.4, 0.5) is 5.69 Å². The fraction of sp³-hybridized carbons (Fsp3) is 0.385. The lowest BCUT2D eigenvalue weighted by Gasteiger charge is -2.22. The van der Waals surface area contributed by atoms with Crippen LogP contribution in [0.2, 0.25) is 0 Å². The van der Waals surface area contributed by atoms with E-state index in [1.807, 2.05) is 0 Å². The van der Waals surface area contributed by atoms with Crippen LogP contribution in [-0.2, 0) is 9.53 Å². The molecule has 1 aliphatic rings. The predicted octanol–water partition coefficient (Wildman–Crippen LogP) is 1.04. The van der Waals surface area contributed by atoms with Gasteiger partial charge in [-0.2, -0.15) is 0 Å². The van der Waals surface area contributed by atoms with Crippen molar-refractivity contribution >= 4 is 17.6 Å². The van der Waals surface area contributed by atoms with E-state index in [2.05, 4.69) is 5.32 Å². The number of amides is 1. The monoisotopic (exact) mass is 294 g/mol. The third kappa shape index (κ3) is 3.10. The minimum Gasteiger partial charge on any atom is -0.484 e. The maximum Gasteiger partial charge on any atom is 0.311 e. The maximum absolute atomic E-state index is 12.1. The molecule has 1 aromatic rings. The summed E-state index contributed by atoms with van der Waals surface area (Å²) in [7, 11) is 0. The third-order valence-corrected chi connectivity index (χ3v) is 3.08. The topological polar surface area (TPSA) is 108 Å². The number of nitrogens with zero attached hydrogens (tertiary/aromatic N) is 1. The normalized spacial score (nSPS) is 18.6. The Balaban J connectivity index is 2.29. The molecule has 0 saturated heterocycles. The Bertz CT molecular complexity index is 600. The van der Waals surface area contributed by atoms with E-state index in [0.717, 1.165) is 0 Å². The van der Waals surface area contributed by atoms with E-state index in [-0.39, 0.29) is 23.6 Å². The second-order valence-electron chi connectivity index (χ2n) is 4.62. The van der Waals surface area contributed by atoms with Gasteiger partial charge in [-0.3, -0.25) is 19.7 Å². The molecule has 0 aromatic heterocycles. The predicted molar refractivity (Wildman–Crippen MR) is 71.1 cm³/mol. The molecule has 2 rings (SSSR count). The first-order chi connectivity index (χ1) is 9.90. The van der Waals surface area contributed by atoms with E-state index in [1.54, 1.807) is 6.92 Å². The minimum absolute atomic E-state index is 0.0297. The summed E-state index contributed by atoms with van der Waals surface area (Å²) in [6, 6.07) is 3.53. The largest absolute Gasteiger partial charge is 0.484 e. The molecular formula is C13H14N2O6. The molecule has 1 aromatic carbocycles. The lowest BCUT2D eigenvalue weighted by Crippen LogP contribution is -2.45. The number of nitrogens with one attached hydrogen (secondary N) is 1. The van der Waals surface area contributed by atoms with Crippen LogP contribution < -0.4 is 10.1 Å². The van der Waals surface area contributed by atoms with Gasteiger partial charge in [0.2, 0.25) is 5.75 Å². The first-order valence-electron chi connectivity index (χ1n) is 6.28. The van der Waals surface area contributed by atoms with Gasteiger partial charge >= 0.3 is 11.7 Å². The first kappa shape index (κ1) is 14.8. The summed E-state index contributed by atoms with van der Waals surface area (Å²) in [5, 5.41) is 13.6. The summed E-state index contributed by atoms with van der Waals surface area (Å²) in [5.41, 5.74) is -0.190.